The van der Waals surface area contributed by atoms with Gasteiger partial charge in [0.1, 0.15) is 17.2 Å². The van der Waals surface area contributed by atoms with Crippen molar-refractivity contribution in [2.75, 3.05) is 0 Å². The zero-order chi connectivity index (χ0) is 26.9. The largest absolute Gasteiger partial charge is 0.458 e. The number of aromatic nitrogens is 2. The molecule has 3 atom stereocenters. The Morgan fingerprint density at radius 1 is 1.13 bits per heavy atom. The van der Waals surface area contributed by atoms with Crippen molar-refractivity contribution in [1.29, 1.82) is 0 Å². The number of aryl methyl sites for hydroxylation is 3. The molecule has 6 heteroatoms. The van der Waals surface area contributed by atoms with Gasteiger partial charge < -0.3 is 14.8 Å². The van der Waals surface area contributed by atoms with Gasteiger partial charge in [-0.2, -0.15) is 0 Å². The first-order valence-electron chi connectivity index (χ1n) is 13.0. The van der Waals surface area contributed by atoms with E-state index in [1.54, 1.807) is 26.1 Å². The van der Waals surface area contributed by atoms with Crippen LogP contribution in [0.2, 0.25) is 0 Å². The topological polar surface area (TPSA) is 88.2 Å². The second-order valence-electron chi connectivity index (χ2n) is 10.3. The number of furan rings is 1. The molecule has 38 heavy (non-hydrogen) atoms. The minimum atomic E-state index is -1.41. The second-order valence-corrected chi connectivity index (χ2v) is 10.3. The standard InChI is InChI=1S/C32H33N3O3/c1-20-10-12-26(21(2)16-20)31(24-8-6-5-7-9-24)35-30(36)18-23-11-13-27-25(17-23)19-29(38-27)32(4,37)28-14-15-33-22(3)34-28/h5-8,10-17,19,24,31,37H,9,18H2,1-4H3,(H,35,36)/t24?,31-,32?/m0/s1. The normalized spacial score (nSPS) is 17.3. The van der Waals surface area contributed by atoms with E-state index >= 15 is 0 Å². The quantitative estimate of drug-likeness (QED) is 0.323. The van der Waals surface area contributed by atoms with Crippen molar-refractivity contribution in [3.05, 3.63) is 119 Å². The molecular formula is C32H33N3O3. The Morgan fingerprint density at radius 3 is 2.71 bits per heavy atom. The summed E-state index contributed by atoms with van der Waals surface area (Å²) in [7, 11) is 0. The SMILES string of the molecule is Cc1ccc([C@@H](NC(=O)Cc2ccc3oc(C(C)(O)c4ccnc(C)n4)cc3c2)C2C=CC=CC2)c(C)c1. The lowest BCUT2D eigenvalue weighted by atomic mass is 9.85. The number of rotatable bonds is 7. The molecule has 0 spiro atoms. The van der Waals surface area contributed by atoms with Gasteiger partial charge in [-0.15, -0.1) is 0 Å². The lowest BCUT2D eigenvalue weighted by molar-refractivity contribution is -0.121. The summed E-state index contributed by atoms with van der Waals surface area (Å²) in [6.07, 6.45) is 11.2. The Bertz CT molecular complexity index is 1550. The number of nitrogens with zero attached hydrogens (tertiary/aromatic N) is 2. The van der Waals surface area contributed by atoms with E-state index in [9.17, 15) is 9.90 Å². The number of benzene rings is 2. The molecule has 0 saturated carbocycles. The lowest BCUT2D eigenvalue weighted by Gasteiger charge is -2.28. The summed E-state index contributed by atoms with van der Waals surface area (Å²) in [5.41, 5.74) is 4.10. The Kier molecular flexibility index (Phi) is 7.00. The van der Waals surface area contributed by atoms with Gasteiger partial charge in [-0.25, -0.2) is 9.97 Å². The molecule has 4 aromatic rings. The molecule has 0 saturated heterocycles. The second kappa shape index (κ2) is 10.4. The highest BCUT2D eigenvalue weighted by Gasteiger charge is 2.32. The number of hydrogen-bond donors (Lipinski definition) is 2. The Hall–Kier alpha value is -4.03. The smallest absolute Gasteiger partial charge is 0.224 e. The molecule has 6 nitrogen and oxygen atoms in total. The van der Waals surface area contributed by atoms with Crippen LogP contribution in [0.25, 0.3) is 11.0 Å². The fourth-order valence-corrected chi connectivity index (χ4v) is 5.14. The number of carbonyl (C=O) groups excluding carboxylic acids is 1. The van der Waals surface area contributed by atoms with E-state index in [2.05, 4.69) is 71.6 Å². The van der Waals surface area contributed by atoms with E-state index in [0.29, 0.717) is 22.9 Å². The summed E-state index contributed by atoms with van der Waals surface area (Å²) in [5.74, 6) is 1.12. The Labute approximate surface area is 223 Å². The van der Waals surface area contributed by atoms with Crippen LogP contribution in [0.15, 0.2) is 83.4 Å². The summed E-state index contributed by atoms with van der Waals surface area (Å²) in [6.45, 7) is 7.62. The number of hydrogen-bond acceptors (Lipinski definition) is 5. The van der Waals surface area contributed by atoms with Crippen LogP contribution in [0.3, 0.4) is 0 Å². The number of carbonyl (C=O) groups is 1. The number of aliphatic hydroxyl groups is 1. The predicted octanol–water partition coefficient (Wildman–Crippen LogP) is 5.94. The predicted molar refractivity (Wildman–Crippen MR) is 149 cm³/mol. The summed E-state index contributed by atoms with van der Waals surface area (Å²) in [6, 6.07) is 15.5. The molecule has 2 unspecified atom stereocenters. The Balaban J connectivity index is 1.37. The highest BCUT2D eigenvalue weighted by molar-refractivity contribution is 5.83. The summed E-state index contributed by atoms with van der Waals surface area (Å²) >= 11 is 0. The number of amides is 1. The first-order valence-corrected chi connectivity index (χ1v) is 13.0. The van der Waals surface area contributed by atoms with Gasteiger partial charge in [-0.1, -0.05) is 54.1 Å². The molecule has 194 valence electrons. The Morgan fingerprint density at radius 2 is 1.97 bits per heavy atom. The molecular weight excluding hydrogens is 474 g/mol. The van der Waals surface area contributed by atoms with Crippen LogP contribution in [0.4, 0.5) is 0 Å². The number of nitrogens with one attached hydrogen (secondary N) is 1. The van der Waals surface area contributed by atoms with Crippen molar-refractivity contribution in [2.24, 2.45) is 5.92 Å². The first kappa shape index (κ1) is 25.6. The monoisotopic (exact) mass is 507 g/mol. The van der Waals surface area contributed by atoms with Crippen LogP contribution in [0, 0.1) is 26.7 Å². The zero-order valence-electron chi connectivity index (χ0n) is 22.2. The molecule has 1 amide bonds. The lowest BCUT2D eigenvalue weighted by Crippen LogP contribution is -2.34. The average Bonchev–Trinajstić information content (AvgIpc) is 3.33. The van der Waals surface area contributed by atoms with Gasteiger partial charge in [-0.05, 0) is 75.1 Å². The molecule has 1 aliphatic rings. The third-order valence-corrected chi connectivity index (χ3v) is 7.22. The molecule has 0 bridgehead atoms. The van der Waals surface area contributed by atoms with Crippen LogP contribution in [-0.2, 0) is 16.8 Å². The molecule has 1 aliphatic carbocycles. The van der Waals surface area contributed by atoms with Crippen molar-refractivity contribution >= 4 is 16.9 Å². The van der Waals surface area contributed by atoms with Crippen LogP contribution in [0.1, 0.15) is 58.9 Å². The molecule has 5 rings (SSSR count). The van der Waals surface area contributed by atoms with E-state index in [-0.39, 0.29) is 24.3 Å². The maximum Gasteiger partial charge on any atom is 0.224 e. The summed E-state index contributed by atoms with van der Waals surface area (Å²) < 4.78 is 5.99. The maximum atomic E-state index is 13.3. The van der Waals surface area contributed by atoms with Gasteiger partial charge in [0.15, 0.2) is 5.60 Å². The van der Waals surface area contributed by atoms with Gasteiger partial charge in [0.2, 0.25) is 5.91 Å². The van der Waals surface area contributed by atoms with E-state index in [4.69, 9.17) is 4.42 Å². The van der Waals surface area contributed by atoms with Gasteiger partial charge in [0, 0.05) is 17.5 Å². The van der Waals surface area contributed by atoms with Crippen LogP contribution in [-0.4, -0.2) is 21.0 Å². The first-order chi connectivity index (χ1) is 18.2. The third kappa shape index (κ3) is 5.31. The molecule has 0 aliphatic heterocycles. The summed E-state index contributed by atoms with van der Waals surface area (Å²) in [5, 5.41) is 15.3. The van der Waals surface area contributed by atoms with Gasteiger partial charge in [-0.3, -0.25) is 4.79 Å². The van der Waals surface area contributed by atoms with E-state index in [1.165, 1.54) is 11.1 Å². The molecule has 2 aromatic heterocycles. The van der Waals surface area contributed by atoms with Crippen LogP contribution in [0.5, 0.6) is 0 Å². The summed E-state index contributed by atoms with van der Waals surface area (Å²) in [4.78, 5) is 21.8. The van der Waals surface area contributed by atoms with Crippen molar-refractivity contribution in [3.63, 3.8) is 0 Å². The van der Waals surface area contributed by atoms with Crippen molar-refractivity contribution in [2.45, 2.75) is 52.2 Å². The molecule has 2 aromatic carbocycles. The minimum Gasteiger partial charge on any atom is -0.458 e. The van der Waals surface area contributed by atoms with Gasteiger partial charge >= 0.3 is 0 Å². The van der Waals surface area contributed by atoms with Gasteiger partial charge in [0.05, 0.1) is 18.2 Å². The van der Waals surface area contributed by atoms with Crippen molar-refractivity contribution in [3.8, 4) is 0 Å². The van der Waals surface area contributed by atoms with Crippen LogP contribution < -0.4 is 5.32 Å². The third-order valence-electron chi connectivity index (χ3n) is 7.22. The molecule has 0 fully saturated rings. The molecule has 2 N–H and O–H groups in total. The zero-order valence-corrected chi connectivity index (χ0v) is 22.2. The van der Waals surface area contributed by atoms with E-state index in [1.807, 2.05) is 24.3 Å². The maximum absolute atomic E-state index is 13.3. The van der Waals surface area contributed by atoms with Gasteiger partial charge in [0.25, 0.3) is 0 Å². The highest BCUT2D eigenvalue weighted by atomic mass is 16.4. The highest BCUT2D eigenvalue weighted by Crippen LogP contribution is 2.34. The minimum absolute atomic E-state index is 0.0375. The van der Waals surface area contributed by atoms with E-state index in [0.717, 1.165) is 22.9 Å². The fraction of sp³-hybridized carbons (Fsp3) is 0.281. The average molecular weight is 508 g/mol. The molecule has 0 radical (unpaired) electrons. The van der Waals surface area contributed by atoms with E-state index < -0.39 is 5.60 Å². The molecule has 2 heterocycles. The van der Waals surface area contributed by atoms with Crippen molar-refractivity contribution in [1.82, 2.24) is 15.3 Å². The van der Waals surface area contributed by atoms with Crippen LogP contribution >= 0.6 is 0 Å². The van der Waals surface area contributed by atoms with Crippen molar-refractivity contribution < 1.29 is 14.3 Å². The number of allylic oxidation sites excluding steroid dienone is 3. The fourth-order valence-electron chi connectivity index (χ4n) is 5.14. The number of fused-ring (bicyclic) bond motifs is 1.